The molecule has 3 amide bonds. The Labute approximate surface area is 195 Å². The molecule has 0 saturated carbocycles. The number of benzene rings is 3. The predicted octanol–water partition coefficient (Wildman–Crippen LogP) is 2.62. The molecule has 4 rings (SSSR count). The lowest BCUT2D eigenvalue weighted by Crippen LogP contribution is -2.41. The third-order valence-corrected chi connectivity index (χ3v) is 5.79. The molecule has 1 atom stereocenters. The average molecular weight is 461 g/mol. The van der Waals surface area contributed by atoms with Gasteiger partial charge in [0.15, 0.2) is 0 Å². The van der Waals surface area contributed by atoms with Crippen molar-refractivity contribution in [2.24, 2.45) is 5.73 Å². The smallest absolute Gasteiger partial charge is 0.305 e. The van der Waals surface area contributed by atoms with Crippen molar-refractivity contribution < 1.29 is 28.7 Å². The van der Waals surface area contributed by atoms with Gasteiger partial charge in [-0.15, -0.1) is 0 Å². The predicted molar refractivity (Wildman–Crippen MR) is 126 cm³/mol. The van der Waals surface area contributed by atoms with Crippen LogP contribution >= 0.6 is 0 Å². The van der Waals surface area contributed by atoms with E-state index in [1.54, 1.807) is 18.2 Å². The Morgan fingerprint density at radius 3 is 2.47 bits per heavy atom. The number of nitrogens with one attached hydrogen (secondary N) is 2. The second kappa shape index (κ2) is 9.22. The highest BCUT2D eigenvalue weighted by Crippen LogP contribution is 2.39. The van der Waals surface area contributed by atoms with E-state index in [0.29, 0.717) is 27.8 Å². The topological polar surface area (TPSA) is 137 Å². The maximum Gasteiger partial charge on any atom is 0.305 e. The quantitative estimate of drug-likeness (QED) is 0.483. The van der Waals surface area contributed by atoms with E-state index in [9.17, 15) is 19.2 Å². The van der Waals surface area contributed by atoms with Gasteiger partial charge in [-0.3, -0.25) is 19.2 Å². The minimum absolute atomic E-state index is 0.0289. The van der Waals surface area contributed by atoms with E-state index in [2.05, 4.69) is 15.4 Å². The molecule has 0 spiro atoms. The van der Waals surface area contributed by atoms with Gasteiger partial charge >= 0.3 is 5.97 Å². The molecule has 34 heavy (non-hydrogen) atoms. The lowest BCUT2D eigenvalue weighted by atomic mass is 9.92. The molecule has 0 radical (unpaired) electrons. The summed E-state index contributed by atoms with van der Waals surface area (Å²) in [5.41, 5.74) is 7.49. The molecule has 1 heterocycles. The molecule has 9 heteroatoms. The van der Waals surface area contributed by atoms with E-state index < -0.39 is 29.7 Å². The van der Waals surface area contributed by atoms with E-state index in [1.165, 1.54) is 20.3 Å². The molecule has 1 aliphatic heterocycles. The van der Waals surface area contributed by atoms with Crippen LogP contribution in [0.3, 0.4) is 0 Å². The van der Waals surface area contributed by atoms with Gasteiger partial charge in [0.25, 0.3) is 5.91 Å². The minimum atomic E-state index is -0.921. The van der Waals surface area contributed by atoms with Crippen LogP contribution in [0.15, 0.2) is 48.5 Å². The first kappa shape index (κ1) is 22.8. The summed E-state index contributed by atoms with van der Waals surface area (Å²) >= 11 is 0. The first-order valence-electron chi connectivity index (χ1n) is 10.6. The zero-order valence-corrected chi connectivity index (χ0v) is 18.6. The van der Waals surface area contributed by atoms with Crippen LogP contribution < -0.4 is 21.1 Å². The highest BCUT2D eigenvalue weighted by molar-refractivity contribution is 6.14. The van der Waals surface area contributed by atoms with Crippen molar-refractivity contribution in [3.8, 4) is 16.9 Å². The first-order valence-corrected chi connectivity index (χ1v) is 10.6. The number of hydrogen-bond donors (Lipinski definition) is 3. The standard InChI is InChI=1S/C25H23N3O6/c1-33-20-12-17-19(28-25(32)18(27-24(17)31)9-10-21(29)34-2)11-16(20)15-8-7-13-5-3-4-6-14(13)22(15)23(26)30/h3-8,11-12,18H,9-10H2,1-2H3,(H2,26,30)(H,27,31)(H,28,32)/t18-/m1/s1. The van der Waals surface area contributed by atoms with Crippen molar-refractivity contribution in [2.75, 3.05) is 19.5 Å². The molecule has 174 valence electrons. The fourth-order valence-corrected chi connectivity index (χ4v) is 4.10. The maximum absolute atomic E-state index is 12.9. The summed E-state index contributed by atoms with van der Waals surface area (Å²) in [6.07, 6.45) is 0.0531. The van der Waals surface area contributed by atoms with Crippen LogP contribution in [-0.2, 0) is 14.3 Å². The number of anilines is 1. The molecule has 0 unspecified atom stereocenters. The van der Waals surface area contributed by atoms with Crippen LogP contribution in [-0.4, -0.2) is 44.0 Å². The van der Waals surface area contributed by atoms with Gasteiger partial charge in [0.2, 0.25) is 11.8 Å². The van der Waals surface area contributed by atoms with E-state index in [1.807, 2.05) is 24.3 Å². The van der Waals surface area contributed by atoms with Gasteiger partial charge in [-0.1, -0.05) is 36.4 Å². The number of carbonyl (C=O) groups excluding carboxylic acids is 4. The molecule has 0 fully saturated rings. The Kier molecular flexibility index (Phi) is 6.18. The summed E-state index contributed by atoms with van der Waals surface area (Å²) in [6.45, 7) is 0. The third-order valence-electron chi connectivity index (χ3n) is 5.79. The number of esters is 1. The molecular weight excluding hydrogens is 438 g/mol. The molecule has 3 aromatic carbocycles. The molecule has 0 aliphatic carbocycles. The van der Waals surface area contributed by atoms with Crippen molar-refractivity contribution in [3.63, 3.8) is 0 Å². The number of rotatable bonds is 6. The van der Waals surface area contributed by atoms with E-state index >= 15 is 0 Å². The van der Waals surface area contributed by atoms with Crippen LogP contribution in [0.4, 0.5) is 5.69 Å². The summed E-state index contributed by atoms with van der Waals surface area (Å²) in [5, 5.41) is 6.90. The Hall–Kier alpha value is -4.40. The number of methoxy groups -OCH3 is 2. The number of carbonyl (C=O) groups is 4. The van der Waals surface area contributed by atoms with E-state index in [0.717, 1.165) is 5.39 Å². The van der Waals surface area contributed by atoms with E-state index in [-0.39, 0.29) is 24.1 Å². The van der Waals surface area contributed by atoms with Crippen molar-refractivity contribution in [2.45, 2.75) is 18.9 Å². The van der Waals surface area contributed by atoms with Crippen LogP contribution in [0.25, 0.3) is 21.9 Å². The monoisotopic (exact) mass is 461 g/mol. The number of nitrogens with two attached hydrogens (primary N) is 1. The van der Waals surface area contributed by atoms with Crippen LogP contribution in [0, 0.1) is 0 Å². The molecular formula is C25H23N3O6. The summed E-state index contributed by atoms with van der Waals surface area (Å²) < 4.78 is 10.2. The van der Waals surface area contributed by atoms with Crippen molar-refractivity contribution in [1.29, 1.82) is 0 Å². The number of amides is 3. The van der Waals surface area contributed by atoms with Crippen molar-refractivity contribution in [1.82, 2.24) is 5.32 Å². The lowest BCUT2D eigenvalue weighted by molar-refractivity contribution is -0.140. The normalized spacial score (nSPS) is 15.1. The molecule has 0 saturated heterocycles. The van der Waals surface area contributed by atoms with Gasteiger partial charge in [-0.2, -0.15) is 0 Å². The summed E-state index contributed by atoms with van der Waals surface area (Å²) in [5.74, 6) is -1.74. The van der Waals surface area contributed by atoms with Gasteiger partial charge in [0.05, 0.1) is 31.0 Å². The third kappa shape index (κ3) is 4.15. The van der Waals surface area contributed by atoms with Crippen LogP contribution in [0.5, 0.6) is 5.75 Å². The Bertz CT molecular complexity index is 1330. The molecule has 9 nitrogen and oxygen atoms in total. The molecule has 0 aromatic heterocycles. The molecule has 3 aromatic rings. The van der Waals surface area contributed by atoms with Crippen molar-refractivity contribution >= 4 is 40.2 Å². The van der Waals surface area contributed by atoms with Gasteiger partial charge < -0.3 is 25.8 Å². The van der Waals surface area contributed by atoms with Crippen LogP contribution in [0.2, 0.25) is 0 Å². The number of fused-ring (bicyclic) bond motifs is 2. The zero-order chi connectivity index (χ0) is 24.4. The minimum Gasteiger partial charge on any atom is -0.496 e. The number of primary amides is 1. The zero-order valence-electron chi connectivity index (χ0n) is 18.6. The number of ether oxygens (including phenoxy) is 2. The highest BCUT2D eigenvalue weighted by atomic mass is 16.5. The van der Waals surface area contributed by atoms with Gasteiger partial charge in [0, 0.05) is 12.0 Å². The molecule has 4 N–H and O–H groups in total. The lowest BCUT2D eigenvalue weighted by Gasteiger charge is -2.16. The summed E-state index contributed by atoms with van der Waals surface area (Å²) in [6, 6.07) is 13.1. The Balaban J connectivity index is 1.82. The van der Waals surface area contributed by atoms with Gasteiger partial charge in [-0.05, 0) is 34.9 Å². The average Bonchev–Trinajstić information content (AvgIpc) is 2.95. The molecule has 0 bridgehead atoms. The molecule has 1 aliphatic rings. The summed E-state index contributed by atoms with van der Waals surface area (Å²) in [7, 11) is 2.70. The van der Waals surface area contributed by atoms with Gasteiger partial charge in [0.1, 0.15) is 11.8 Å². The fourth-order valence-electron chi connectivity index (χ4n) is 4.10. The second-order valence-electron chi connectivity index (χ2n) is 7.80. The SMILES string of the molecule is COC(=O)CC[C@H]1NC(=O)c2cc(OC)c(-c3ccc4ccccc4c3C(N)=O)cc2NC1=O. The maximum atomic E-state index is 12.9. The fraction of sp³-hybridized carbons (Fsp3) is 0.200. The first-order chi connectivity index (χ1) is 16.3. The Morgan fingerprint density at radius 1 is 1.00 bits per heavy atom. The summed E-state index contributed by atoms with van der Waals surface area (Å²) in [4.78, 5) is 49.6. The number of hydrogen-bond acceptors (Lipinski definition) is 6. The van der Waals surface area contributed by atoms with Gasteiger partial charge in [-0.25, -0.2) is 0 Å². The highest BCUT2D eigenvalue weighted by Gasteiger charge is 2.30. The largest absolute Gasteiger partial charge is 0.496 e. The van der Waals surface area contributed by atoms with E-state index in [4.69, 9.17) is 10.5 Å². The second-order valence-corrected chi connectivity index (χ2v) is 7.80. The van der Waals surface area contributed by atoms with Crippen LogP contribution in [0.1, 0.15) is 33.6 Å². The van der Waals surface area contributed by atoms with Crippen molar-refractivity contribution in [3.05, 3.63) is 59.7 Å². The Morgan fingerprint density at radius 2 is 1.76 bits per heavy atom.